The van der Waals surface area contributed by atoms with Crippen LogP contribution in [0.1, 0.15) is 48.2 Å². The number of piperazine rings is 1. The van der Waals surface area contributed by atoms with E-state index in [4.69, 9.17) is 16.6 Å². The Balaban J connectivity index is 1.84. The lowest BCUT2D eigenvalue weighted by atomic mass is 9.96. The van der Waals surface area contributed by atoms with Gasteiger partial charge in [0.1, 0.15) is 11.6 Å². The highest BCUT2D eigenvalue weighted by Crippen LogP contribution is 2.36. The van der Waals surface area contributed by atoms with Gasteiger partial charge in [0.05, 0.1) is 27.4 Å². The fourth-order valence-corrected chi connectivity index (χ4v) is 5.82. The number of pyridine rings is 1. The van der Waals surface area contributed by atoms with E-state index in [2.05, 4.69) is 11.6 Å². The molecule has 1 unspecified atom stereocenters. The van der Waals surface area contributed by atoms with E-state index >= 15 is 0 Å². The minimum atomic E-state index is -1.22. The highest BCUT2D eigenvalue weighted by atomic mass is 35.5. The number of aromatic carboxylic acids is 1. The van der Waals surface area contributed by atoms with Crippen LogP contribution in [-0.2, 0) is 4.79 Å². The van der Waals surface area contributed by atoms with E-state index in [1.807, 2.05) is 31.7 Å². The van der Waals surface area contributed by atoms with Gasteiger partial charge in [-0.25, -0.2) is 23.5 Å². The van der Waals surface area contributed by atoms with Crippen LogP contribution in [0.25, 0.3) is 28.0 Å². The first-order valence-electron chi connectivity index (χ1n) is 13.9. The monoisotopic (exact) mass is 603 g/mol. The van der Waals surface area contributed by atoms with Gasteiger partial charge in [0.2, 0.25) is 5.91 Å². The van der Waals surface area contributed by atoms with E-state index in [0.717, 1.165) is 5.56 Å². The maximum Gasteiger partial charge on any atom is 0.355 e. The Bertz CT molecular complexity index is 1850. The zero-order chi connectivity index (χ0) is 31.2. The highest BCUT2D eigenvalue weighted by Gasteiger charge is 2.31. The van der Waals surface area contributed by atoms with Crippen LogP contribution in [-0.4, -0.2) is 62.1 Å². The number of amides is 1. The predicted molar refractivity (Wildman–Crippen MR) is 165 cm³/mol. The number of rotatable bonds is 6. The molecule has 1 atom stereocenters. The van der Waals surface area contributed by atoms with Gasteiger partial charge in [-0.05, 0) is 61.2 Å². The quantitative estimate of drug-likeness (QED) is 0.286. The van der Waals surface area contributed by atoms with Crippen molar-refractivity contribution >= 4 is 40.3 Å². The fraction of sp³-hybridized carbons (Fsp3) is 0.281. The van der Waals surface area contributed by atoms with Crippen molar-refractivity contribution in [3.63, 3.8) is 0 Å². The first kappa shape index (κ1) is 29.9. The number of carbonyl (C=O) groups is 2. The van der Waals surface area contributed by atoms with Crippen LogP contribution < -0.4 is 10.6 Å². The first-order valence-corrected chi connectivity index (χ1v) is 14.2. The number of carboxylic acids is 1. The van der Waals surface area contributed by atoms with Gasteiger partial charge in [0, 0.05) is 31.2 Å². The van der Waals surface area contributed by atoms with Gasteiger partial charge < -0.3 is 14.9 Å². The Labute approximate surface area is 252 Å². The molecule has 1 saturated heterocycles. The SMILES string of the molecule is C=CC(=O)N1CCN(c2nc(=O)n(-c3c(C)cc(C(C)C)cc3C(=O)O)c3nc(-c4ccccc4F)c(Cl)cc23)C(C)C1. The molecule has 2 aromatic carbocycles. The molecule has 0 radical (unpaired) electrons. The molecule has 0 aliphatic carbocycles. The van der Waals surface area contributed by atoms with Crippen LogP contribution in [0.2, 0.25) is 5.02 Å². The molecule has 9 nitrogen and oxygen atoms in total. The number of carbonyl (C=O) groups excluding carboxylic acids is 1. The summed E-state index contributed by atoms with van der Waals surface area (Å²) in [6, 6.07) is 10.7. The maximum absolute atomic E-state index is 15.0. The van der Waals surface area contributed by atoms with Gasteiger partial charge in [0.25, 0.3) is 0 Å². The number of hydrogen-bond acceptors (Lipinski definition) is 6. The van der Waals surface area contributed by atoms with E-state index < -0.39 is 17.5 Å². The number of fused-ring (bicyclic) bond motifs is 1. The second-order valence-electron chi connectivity index (χ2n) is 10.9. The van der Waals surface area contributed by atoms with Gasteiger partial charge in [-0.3, -0.25) is 4.79 Å². The highest BCUT2D eigenvalue weighted by molar-refractivity contribution is 6.33. The molecule has 2 aromatic heterocycles. The van der Waals surface area contributed by atoms with Crippen molar-refractivity contribution < 1.29 is 19.1 Å². The zero-order valence-corrected chi connectivity index (χ0v) is 25.0. The molecular formula is C32H31ClFN5O4. The molecule has 1 aliphatic heterocycles. The lowest BCUT2D eigenvalue weighted by molar-refractivity contribution is -0.126. The van der Waals surface area contributed by atoms with Crippen LogP contribution in [0.15, 0.2) is 59.9 Å². The third-order valence-electron chi connectivity index (χ3n) is 7.76. The second-order valence-corrected chi connectivity index (χ2v) is 11.4. The molecule has 1 aliphatic rings. The van der Waals surface area contributed by atoms with E-state index in [9.17, 15) is 23.9 Å². The number of anilines is 1. The Hall–Kier alpha value is -4.57. The Morgan fingerprint density at radius 1 is 1.16 bits per heavy atom. The van der Waals surface area contributed by atoms with Crippen LogP contribution in [0.4, 0.5) is 10.2 Å². The van der Waals surface area contributed by atoms with Crippen molar-refractivity contribution in [3.05, 3.63) is 93.1 Å². The molecule has 1 fully saturated rings. The molecule has 43 heavy (non-hydrogen) atoms. The van der Waals surface area contributed by atoms with Gasteiger partial charge in [0.15, 0.2) is 5.65 Å². The summed E-state index contributed by atoms with van der Waals surface area (Å²) in [5.41, 5.74) is 0.918. The van der Waals surface area contributed by atoms with E-state index in [0.29, 0.717) is 30.6 Å². The normalized spacial score (nSPS) is 15.3. The van der Waals surface area contributed by atoms with Crippen LogP contribution in [0.3, 0.4) is 0 Å². The van der Waals surface area contributed by atoms with E-state index in [1.165, 1.54) is 22.8 Å². The average Bonchev–Trinajstić information content (AvgIpc) is 2.96. The third-order valence-corrected chi connectivity index (χ3v) is 8.05. The summed E-state index contributed by atoms with van der Waals surface area (Å²) in [6.07, 6.45) is 1.26. The number of aromatic nitrogens is 3. The minimum Gasteiger partial charge on any atom is -0.478 e. The van der Waals surface area contributed by atoms with E-state index in [1.54, 1.807) is 36.1 Å². The van der Waals surface area contributed by atoms with Gasteiger partial charge >= 0.3 is 11.7 Å². The summed E-state index contributed by atoms with van der Waals surface area (Å²) in [5, 5.41) is 10.8. The second kappa shape index (κ2) is 11.6. The zero-order valence-electron chi connectivity index (χ0n) is 24.3. The predicted octanol–water partition coefficient (Wildman–Crippen LogP) is 5.59. The summed E-state index contributed by atoms with van der Waals surface area (Å²) in [6.45, 7) is 12.2. The minimum absolute atomic E-state index is 0.0394. The third kappa shape index (κ3) is 5.38. The fourth-order valence-electron chi connectivity index (χ4n) is 5.57. The molecule has 222 valence electrons. The molecule has 1 amide bonds. The number of hydrogen-bond donors (Lipinski definition) is 1. The molecule has 5 rings (SSSR count). The Morgan fingerprint density at radius 3 is 2.51 bits per heavy atom. The summed E-state index contributed by atoms with van der Waals surface area (Å²) in [7, 11) is 0. The Kier molecular flexibility index (Phi) is 8.07. The largest absolute Gasteiger partial charge is 0.478 e. The molecule has 0 spiro atoms. The summed E-state index contributed by atoms with van der Waals surface area (Å²) < 4.78 is 16.1. The Morgan fingerprint density at radius 2 is 1.88 bits per heavy atom. The van der Waals surface area contributed by atoms with Crippen molar-refractivity contribution in [1.29, 1.82) is 0 Å². The van der Waals surface area contributed by atoms with E-state index in [-0.39, 0.29) is 56.9 Å². The van der Waals surface area contributed by atoms with Crippen LogP contribution in [0, 0.1) is 12.7 Å². The number of carboxylic acid groups (broad SMARTS) is 1. The molecular weight excluding hydrogens is 573 g/mol. The van der Waals surface area contributed by atoms with Gasteiger partial charge in [-0.2, -0.15) is 4.98 Å². The molecule has 11 heteroatoms. The molecule has 4 aromatic rings. The first-order chi connectivity index (χ1) is 20.4. The van der Waals surface area contributed by atoms with Crippen molar-refractivity contribution in [2.45, 2.75) is 39.7 Å². The summed E-state index contributed by atoms with van der Waals surface area (Å²) in [5.74, 6) is -1.64. The van der Waals surface area contributed by atoms with Crippen molar-refractivity contribution in [1.82, 2.24) is 19.4 Å². The van der Waals surface area contributed by atoms with Crippen molar-refractivity contribution in [2.75, 3.05) is 24.5 Å². The summed E-state index contributed by atoms with van der Waals surface area (Å²) >= 11 is 6.73. The van der Waals surface area contributed by atoms with Crippen molar-refractivity contribution in [2.24, 2.45) is 0 Å². The number of halogens is 2. The number of nitrogens with zero attached hydrogens (tertiary/aromatic N) is 5. The van der Waals surface area contributed by atoms with Crippen LogP contribution in [0.5, 0.6) is 0 Å². The molecule has 3 heterocycles. The number of aryl methyl sites for hydroxylation is 1. The summed E-state index contributed by atoms with van der Waals surface area (Å²) in [4.78, 5) is 51.5. The van der Waals surface area contributed by atoms with Gasteiger partial charge in [-0.15, -0.1) is 0 Å². The molecule has 0 saturated carbocycles. The van der Waals surface area contributed by atoms with Crippen molar-refractivity contribution in [3.8, 4) is 16.9 Å². The number of benzene rings is 2. The molecule has 1 N–H and O–H groups in total. The average molecular weight is 604 g/mol. The standard InChI is InChI=1S/C32H31ClFN5O4/c1-6-26(40)37-11-12-38(19(5)16-37)29-23-15-24(33)27(21-9-7-8-10-25(21)34)35-30(23)39(32(43)36-29)28-18(4)13-20(17(2)3)14-22(28)31(41)42/h6-10,13-15,17,19H,1,11-12,16H2,2-5H3,(H,41,42). The topological polar surface area (TPSA) is 109 Å². The smallest absolute Gasteiger partial charge is 0.355 e. The molecule has 0 bridgehead atoms. The lowest BCUT2D eigenvalue weighted by Gasteiger charge is -2.40. The lowest BCUT2D eigenvalue weighted by Crippen LogP contribution is -2.54. The van der Waals surface area contributed by atoms with Crippen LogP contribution >= 0.6 is 11.6 Å². The maximum atomic E-state index is 15.0. The van der Waals surface area contributed by atoms with Gasteiger partial charge in [-0.1, -0.05) is 50.2 Å².